The molecule has 2 aromatic rings. The fraction of sp³-hybridized carbons (Fsp3) is 0.312. The SMILES string of the molecule is CCCC(OC)C(=O)Nc1ccc(-c2ccc(=O)[nH]n2)cc1. The van der Waals surface area contributed by atoms with Crippen LogP contribution in [-0.4, -0.2) is 29.3 Å². The monoisotopic (exact) mass is 301 g/mol. The Labute approximate surface area is 128 Å². The van der Waals surface area contributed by atoms with Crippen molar-refractivity contribution in [2.24, 2.45) is 0 Å². The average molecular weight is 301 g/mol. The minimum absolute atomic E-state index is 0.153. The van der Waals surface area contributed by atoms with E-state index in [0.717, 1.165) is 12.0 Å². The molecule has 2 N–H and O–H groups in total. The highest BCUT2D eigenvalue weighted by Crippen LogP contribution is 2.18. The molecule has 0 saturated carbocycles. The molecule has 22 heavy (non-hydrogen) atoms. The molecular formula is C16H19N3O3. The molecule has 1 aromatic carbocycles. The van der Waals surface area contributed by atoms with Crippen LogP contribution in [0.3, 0.4) is 0 Å². The molecule has 116 valence electrons. The number of H-pyrrole nitrogens is 1. The summed E-state index contributed by atoms with van der Waals surface area (Å²) in [6.45, 7) is 2.01. The Balaban J connectivity index is 2.07. The number of ether oxygens (including phenoxy) is 1. The van der Waals surface area contributed by atoms with Gasteiger partial charge in [-0.3, -0.25) is 9.59 Å². The van der Waals surface area contributed by atoms with Crippen molar-refractivity contribution in [2.45, 2.75) is 25.9 Å². The number of benzene rings is 1. The van der Waals surface area contributed by atoms with Crippen LogP contribution in [0.25, 0.3) is 11.3 Å². The molecule has 6 nitrogen and oxygen atoms in total. The molecular weight excluding hydrogens is 282 g/mol. The predicted octanol–water partition coefficient (Wildman–Crippen LogP) is 2.19. The lowest BCUT2D eigenvalue weighted by Crippen LogP contribution is -2.29. The fourth-order valence-corrected chi connectivity index (χ4v) is 2.07. The largest absolute Gasteiger partial charge is 0.372 e. The van der Waals surface area contributed by atoms with Crippen LogP contribution in [0.1, 0.15) is 19.8 Å². The second-order valence-corrected chi connectivity index (χ2v) is 4.89. The summed E-state index contributed by atoms with van der Waals surface area (Å²) in [6.07, 6.45) is 1.12. The van der Waals surface area contributed by atoms with E-state index in [0.29, 0.717) is 17.8 Å². The van der Waals surface area contributed by atoms with Crippen molar-refractivity contribution in [3.8, 4) is 11.3 Å². The van der Waals surface area contributed by atoms with Gasteiger partial charge >= 0.3 is 0 Å². The Kier molecular flexibility index (Phi) is 5.43. The third-order valence-electron chi connectivity index (χ3n) is 3.26. The zero-order valence-corrected chi connectivity index (χ0v) is 12.6. The van der Waals surface area contributed by atoms with Gasteiger partial charge < -0.3 is 10.1 Å². The van der Waals surface area contributed by atoms with Crippen LogP contribution in [0.15, 0.2) is 41.2 Å². The normalized spacial score (nSPS) is 11.9. The molecule has 1 heterocycles. The summed E-state index contributed by atoms with van der Waals surface area (Å²) < 4.78 is 5.17. The van der Waals surface area contributed by atoms with Gasteiger partial charge in [0.05, 0.1) is 5.69 Å². The number of hydrogen-bond donors (Lipinski definition) is 2. The topological polar surface area (TPSA) is 84.1 Å². The highest BCUT2D eigenvalue weighted by atomic mass is 16.5. The smallest absolute Gasteiger partial charge is 0.264 e. The van der Waals surface area contributed by atoms with Gasteiger partial charge in [0.15, 0.2) is 0 Å². The Hall–Kier alpha value is -2.47. The number of hydrogen-bond acceptors (Lipinski definition) is 4. The average Bonchev–Trinajstić information content (AvgIpc) is 2.54. The van der Waals surface area contributed by atoms with Crippen LogP contribution in [0.2, 0.25) is 0 Å². The summed E-state index contributed by atoms with van der Waals surface area (Å²) in [6, 6.07) is 10.3. The Morgan fingerprint density at radius 2 is 2.00 bits per heavy atom. The van der Waals surface area contributed by atoms with Gasteiger partial charge in [-0.25, -0.2) is 5.10 Å². The lowest BCUT2D eigenvalue weighted by atomic mass is 10.1. The zero-order valence-electron chi connectivity index (χ0n) is 12.6. The van der Waals surface area contributed by atoms with Crippen LogP contribution in [-0.2, 0) is 9.53 Å². The number of anilines is 1. The summed E-state index contributed by atoms with van der Waals surface area (Å²) in [5.41, 5.74) is 1.97. The molecule has 0 radical (unpaired) electrons. The third-order valence-corrected chi connectivity index (χ3v) is 3.26. The van der Waals surface area contributed by atoms with E-state index in [4.69, 9.17) is 4.74 Å². The molecule has 0 aliphatic heterocycles. The quantitative estimate of drug-likeness (QED) is 0.856. The lowest BCUT2D eigenvalue weighted by molar-refractivity contribution is -0.126. The highest BCUT2D eigenvalue weighted by molar-refractivity contribution is 5.94. The molecule has 0 aliphatic carbocycles. The van der Waals surface area contributed by atoms with Gasteiger partial charge in [-0.2, -0.15) is 5.10 Å². The second-order valence-electron chi connectivity index (χ2n) is 4.89. The van der Waals surface area contributed by atoms with Crippen molar-refractivity contribution in [2.75, 3.05) is 12.4 Å². The number of amides is 1. The van der Waals surface area contributed by atoms with Gasteiger partial charge in [0.25, 0.3) is 11.5 Å². The molecule has 1 amide bonds. The molecule has 0 aliphatic rings. The first-order valence-corrected chi connectivity index (χ1v) is 7.14. The Bertz CT molecular complexity index is 659. The van der Waals surface area contributed by atoms with E-state index in [1.807, 2.05) is 19.1 Å². The van der Waals surface area contributed by atoms with Crippen LogP contribution >= 0.6 is 0 Å². The molecule has 0 saturated heterocycles. The van der Waals surface area contributed by atoms with Gasteiger partial charge in [0.2, 0.25) is 0 Å². The first-order chi connectivity index (χ1) is 10.6. The van der Waals surface area contributed by atoms with Crippen LogP contribution in [0.5, 0.6) is 0 Å². The molecule has 0 spiro atoms. The number of aromatic amines is 1. The van der Waals surface area contributed by atoms with Crippen LogP contribution < -0.4 is 10.9 Å². The molecule has 1 aromatic heterocycles. The van der Waals surface area contributed by atoms with Crippen LogP contribution in [0, 0.1) is 0 Å². The highest BCUT2D eigenvalue weighted by Gasteiger charge is 2.16. The number of rotatable bonds is 6. The van der Waals surface area contributed by atoms with E-state index in [1.54, 1.807) is 18.2 Å². The van der Waals surface area contributed by atoms with Gasteiger partial charge in [0.1, 0.15) is 6.10 Å². The van der Waals surface area contributed by atoms with E-state index >= 15 is 0 Å². The summed E-state index contributed by atoms with van der Waals surface area (Å²) >= 11 is 0. The third kappa shape index (κ3) is 4.02. The summed E-state index contributed by atoms with van der Waals surface area (Å²) in [4.78, 5) is 23.0. The Morgan fingerprint density at radius 1 is 1.27 bits per heavy atom. The molecule has 0 fully saturated rings. The maximum Gasteiger partial charge on any atom is 0.264 e. The van der Waals surface area contributed by atoms with E-state index in [-0.39, 0.29) is 11.5 Å². The number of nitrogens with one attached hydrogen (secondary N) is 2. The van der Waals surface area contributed by atoms with Crippen LogP contribution in [0.4, 0.5) is 5.69 Å². The van der Waals surface area contributed by atoms with Gasteiger partial charge in [-0.1, -0.05) is 25.5 Å². The van der Waals surface area contributed by atoms with E-state index < -0.39 is 6.10 Å². The predicted molar refractivity (Wildman–Crippen MR) is 84.6 cm³/mol. The zero-order chi connectivity index (χ0) is 15.9. The maximum absolute atomic E-state index is 12.0. The standard InChI is InChI=1S/C16H19N3O3/c1-3-4-14(22-2)16(21)17-12-7-5-11(6-8-12)13-9-10-15(20)19-18-13/h5-10,14H,3-4H2,1-2H3,(H,17,21)(H,19,20). The number of carbonyl (C=O) groups excluding carboxylic acids is 1. The summed E-state index contributed by atoms with van der Waals surface area (Å²) in [7, 11) is 1.53. The van der Waals surface area contributed by atoms with Gasteiger partial charge in [-0.05, 0) is 24.6 Å². The van der Waals surface area contributed by atoms with Gasteiger partial charge in [-0.15, -0.1) is 0 Å². The van der Waals surface area contributed by atoms with Crippen molar-refractivity contribution in [1.82, 2.24) is 10.2 Å². The minimum Gasteiger partial charge on any atom is -0.372 e. The van der Waals surface area contributed by atoms with Crippen molar-refractivity contribution < 1.29 is 9.53 Å². The van der Waals surface area contributed by atoms with Crippen molar-refractivity contribution in [3.63, 3.8) is 0 Å². The van der Waals surface area contributed by atoms with E-state index in [2.05, 4.69) is 15.5 Å². The first kappa shape index (κ1) is 15.9. The van der Waals surface area contributed by atoms with E-state index in [9.17, 15) is 9.59 Å². The molecule has 1 unspecified atom stereocenters. The first-order valence-electron chi connectivity index (χ1n) is 7.14. The summed E-state index contributed by atoms with van der Waals surface area (Å²) in [5, 5.41) is 9.17. The fourth-order valence-electron chi connectivity index (χ4n) is 2.07. The Morgan fingerprint density at radius 3 is 2.55 bits per heavy atom. The van der Waals surface area contributed by atoms with Crippen molar-refractivity contribution >= 4 is 11.6 Å². The number of nitrogens with zero attached hydrogens (tertiary/aromatic N) is 1. The number of carbonyl (C=O) groups is 1. The lowest BCUT2D eigenvalue weighted by Gasteiger charge is -2.14. The molecule has 2 rings (SSSR count). The second kappa shape index (κ2) is 7.51. The molecule has 6 heteroatoms. The van der Waals surface area contributed by atoms with Crippen molar-refractivity contribution in [1.29, 1.82) is 0 Å². The van der Waals surface area contributed by atoms with E-state index in [1.165, 1.54) is 13.2 Å². The summed E-state index contributed by atoms with van der Waals surface area (Å²) in [5.74, 6) is -0.153. The van der Waals surface area contributed by atoms with Crippen molar-refractivity contribution in [3.05, 3.63) is 46.8 Å². The minimum atomic E-state index is -0.439. The molecule has 1 atom stereocenters. The number of aromatic nitrogens is 2. The number of methoxy groups -OCH3 is 1. The molecule has 0 bridgehead atoms. The maximum atomic E-state index is 12.0. The van der Waals surface area contributed by atoms with Gasteiger partial charge in [0, 0.05) is 24.4 Å².